The lowest BCUT2D eigenvalue weighted by molar-refractivity contribution is 0.0169. The van der Waals surface area contributed by atoms with Crippen LogP contribution in [0.25, 0.3) is 0 Å². The van der Waals surface area contributed by atoms with E-state index in [9.17, 15) is 14.6 Å². The summed E-state index contributed by atoms with van der Waals surface area (Å²) in [6.07, 6.45) is -1.42. The molecule has 0 fully saturated rings. The van der Waals surface area contributed by atoms with Crippen molar-refractivity contribution in [2.75, 3.05) is 5.33 Å². The van der Waals surface area contributed by atoms with Gasteiger partial charge in [-0.3, -0.25) is 0 Å². The van der Waals surface area contributed by atoms with Gasteiger partial charge in [0.1, 0.15) is 11.9 Å². The molecule has 84 valence electrons. The summed E-state index contributed by atoms with van der Waals surface area (Å²) in [6.45, 7) is 0. The average molecular weight is 342 g/mol. The maximum absolute atomic E-state index is 12.8. The molecule has 0 spiro atoms. The first kappa shape index (κ1) is 13.1. The van der Waals surface area contributed by atoms with Crippen molar-refractivity contribution in [2.45, 2.75) is 18.6 Å². The number of aliphatic hydroxyl groups is 2. The number of aliphatic hydroxyl groups excluding tert-OH is 2. The highest BCUT2D eigenvalue weighted by atomic mass is 79.9. The van der Waals surface area contributed by atoms with Gasteiger partial charge >= 0.3 is 0 Å². The third-order valence-electron chi connectivity index (χ3n) is 2.05. The Balaban J connectivity index is 2.86. The van der Waals surface area contributed by atoms with Crippen LogP contribution >= 0.6 is 31.9 Å². The van der Waals surface area contributed by atoms with Gasteiger partial charge in [0.15, 0.2) is 0 Å². The molecule has 15 heavy (non-hydrogen) atoms. The molecule has 0 bridgehead atoms. The number of benzene rings is 1. The van der Waals surface area contributed by atoms with Gasteiger partial charge in [0.05, 0.1) is 6.10 Å². The van der Waals surface area contributed by atoms with Gasteiger partial charge in [-0.15, -0.1) is 0 Å². The predicted molar refractivity (Wildman–Crippen MR) is 63.5 cm³/mol. The van der Waals surface area contributed by atoms with E-state index in [2.05, 4.69) is 31.9 Å². The summed E-state index contributed by atoms with van der Waals surface area (Å²) in [5, 5.41) is 19.9. The van der Waals surface area contributed by atoms with Crippen LogP contribution in [0.4, 0.5) is 4.39 Å². The fourth-order valence-corrected chi connectivity index (χ4v) is 2.27. The lowest BCUT2D eigenvalue weighted by atomic mass is 10.0. The van der Waals surface area contributed by atoms with Crippen molar-refractivity contribution < 1.29 is 14.6 Å². The van der Waals surface area contributed by atoms with Gasteiger partial charge in [-0.2, -0.15) is 0 Å². The van der Waals surface area contributed by atoms with Gasteiger partial charge in [-0.25, -0.2) is 4.39 Å². The van der Waals surface area contributed by atoms with Gasteiger partial charge in [-0.05, 0) is 24.1 Å². The highest BCUT2D eigenvalue weighted by molar-refractivity contribution is 9.10. The first-order chi connectivity index (χ1) is 7.06. The molecule has 0 saturated heterocycles. The molecule has 1 aromatic carbocycles. The molecule has 0 saturated carbocycles. The van der Waals surface area contributed by atoms with Gasteiger partial charge in [-0.1, -0.05) is 37.9 Å². The molecule has 0 aliphatic carbocycles. The van der Waals surface area contributed by atoms with Crippen LogP contribution in [0, 0.1) is 5.82 Å². The molecule has 5 heteroatoms. The summed E-state index contributed by atoms with van der Waals surface area (Å²) in [6, 6.07) is 3.98. The van der Waals surface area contributed by atoms with E-state index in [4.69, 9.17) is 0 Å². The van der Waals surface area contributed by atoms with Crippen molar-refractivity contribution >= 4 is 31.9 Å². The monoisotopic (exact) mass is 340 g/mol. The molecular formula is C10H11Br2FO2. The van der Waals surface area contributed by atoms with Crippen LogP contribution in [0.5, 0.6) is 0 Å². The lowest BCUT2D eigenvalue weighted by Crippen LogP contribution is -2.19. The molecule has 2 unspecified atom stereocenters. The van der Waals surface area contributed by atoms with Crippen LogP contribution in [0.15, 0.2) is 22.7 Å². The summed E-state index contributed by atoms with van der Waals surface area (Å²) < 4.78 is 13.2. The number of alkyl halides is 1. The van der Waals surface area contributed by atoms with E-state index in [1.54, 1.807) is 0 Å². The van der Waals surface area contributed by atoms with E-state index in [-0.39, 0.29) is 5.82 Å². The van der Waals surface area contributed by atoms with Crippen LogP contribution in [-0.4, -0.2) is 21.6 Å². The van der Waals surface area contributed by atoms with E-state index in [0.29, 0.717) is 21.8 Å². The normalized spacial score (nSPS) is 15.0. The maximum Gasteiger partial charge on any atom is 0.124 e. The Morgan fingerprint density at radius 2 is 2.00 bits per heavy atom. The third kappa shape index (κ3) is 3.52. The van der Waals surface area contributed by atoms with Crippen molar-refractivity contribution in [3.8, 4) is 0 Å². The van der Waals surface area contributed by atoms with Crippen LogP contribution in [0.2, 0.25) is 0 Å². The minimum atomic E-state index is -1.00. The standard InChI is InChI=1S/C10H11Br2FO2/c11-4-3-9(14)10(15)7-2-1-6(13)5-8(7)12/h1-2,5,9-10,14-15H,3-4H2. The largest absolute Gasteiger partial charge is 0.390 e. The average Bonchev–Trinajstić information content (AvgIpc) is 2.17. The zero-order valence-corrected chi connectivity index (χ0v) is 11.0. The van der Waals surface area contributed by atoms with Crippen molar-refractivity contribution in [1.82, 2.24) is 0 Å². The molecule has 0 aliphatic heterocycles. The molecule has 0 amide bonds. The minimum Gasteiger partial charge on any atom is -0.390 e. The Kier molecular flexibility index (Phi) is 5.18. The molecule has 0 aromatic heterocycles. The van der Waals surface area contributed by atoms with Crippen LogP contribution in [0.3, 0.4) is 0 Å². The molecule has 2 nitrogen and oxygen atoms in total. The lowest BCUT2D eigenvalue weighted by Gasteiger charge is -2.18. The van der Waals surface area contributed by atoms with Crippen LogP contribution < -0.4 is 0 Å². The van der Waals surface area contributed by atoms with Crippen LogP contribution in [0.1, 0.15) is 18.1 Å². The highest BCUT2D eigenvalue weighted by Crippen LogP contribution is 2.27. The van der Waals surface area contributed by atoms with Gasteiger partial charge in [0.25, 0.3) is 0 Å². The Hall–Kier alpha value is 0.0300. The Morgan fingerprint density at radius 3 is 2.53 bits per heavy atom. The summed E-state index contributed by atoms with van der Waals surface area (Å²) >= 11 is 6.32. The molecule has 1 rings (SSSR count). The second kappa shape index (κ2) is 5.94. The first-order valence-corrected chi connectivity index (χ1v) is 6.34. The Morgan fingerprint density at radius 1 is 1.33 bits per heavy atom. The summed E-state index contributed by atoms with van der Waals surface area (Å²) in [4.78, 5) is 0. The van der Waals surface area contributed by atoms with Gasteiger partial charge < -0.3 is 10.2 Å². The molecule has 0 aliphatic rings. The third-order valence-corrected chi connectivity index (χ3v) is 3.20. The van der Waals surface area contributed by atoms with Crippen LogP contribution in [-0.2, 0) is 0 Å². The van der Waals surface area contributed by atoms with E-state index in [1.165, 1.54) is 18.2 Å². The molecule has 1 aromatic rings. The Bertz CT molecular complexity index is 333. The summed E-state index contributed by atoms with van der Waals surface area (Å²) in [7, 11) is 0. The number of hydrogen-bond acceptors (Lipinski definition) is 2. The van der Waals surface area contributed by atoms with Crippen molar-refractivity contribution in [2.24, 2.45) is 0 Å². The second-order valence-electron chi connectivity index (χ2n) is 3.16. The number of rotatable bonds is 4. The first-order valence-electron chi connectivity index (χ1n) is 4.43. The maximum atomic E-state index is 12.8. The number of halogens is 3. The fourth-order valence-electron chi connectivity index (χ4n) is 1.22. The number of hydrogen-bond donors (Lipinski definition) is 2. The van der Waals surface area contributed by atoms with E-state index < -0.39 is 12.2 Å². The molecular weight excluding hydrogens is 331 g/mol. The minimum absolute atomic E-state index is 0.382. The summed E-state index contributed by atoms with van der Waals surface area (Å²) in [5.74, 6) is -0.382. The smallest absolute Gasteiger partial charge is 0.124 e. The van der Waals surface area contributed by atoms with Crippen molar-refractivity contribution in [1.29, 1.82) is 0 Å². The molecule has 2 N–H and O–H groups in total. The molecule has 0 radical (unpaired) electrons. The van der Waals surface area contributed by atoms with E-state index >= 15 is 0 Å². The highest BCUT2D eigenvalue weighted by Gasteiger charge is 2.20. The quantitative estimate of drug-likeness (QED) is 0.827. The second-order valence-corrected chi connectivity index (χ2v) is 4.80. The molecule has 2 atom stereocenters. The van der Waals surface area contributed by atoms with Crippen molar-refractivity contribution in [3.63, 3.8) is 0 Å². The zero-order chi connectivity index (χ0) is 11.4. The fraction of sp³-hybridized carbons (Fsp3) is 0.400. The summed E-state index contributed by atoms with van der Waals surface area (Å²) in [5.41, 5.74) is 0.491. The molecule has 0 heterocycles. The zero-order valence-electron chi connectivity index (χ0n) is 7.83. The Labute approximate surface area is 104 Å². The topological polar surface area (TPSA) is 40.5 Å². The SMILES string of the molecule is OC(CCBr)C(O)c1ccc(F)cc1Br. The van der Waals surface area contributed by atoms with E-state index in [0.717, 1.165) is 0 Å². The predicted octanol–water partition coefficient (Wildman–Crippen LogP) is 2.77. The van der Waals surface area contributed by atoms with Crippen molar-refractivity contribution in [3.05, 3.63) is 34.1 Å². The van der Waals surface area contributed by atoms with Gasteiger partial charge in [0.2, 0.25) is 0 Å². The van der Waals surface area contributed by atoms with Gasteiger partial charge in [0, 0.05) is 9.80 Å². The van der Waals surface area contributed by atoms with E-state index in [1.807, 2.05) is 0 Å².